The van der Waals surface area contributed by atoms with Crippen molar-refractivity contribution in [1.82, 2.24) is 10.2 Å². The Hall–Kier alpha value is -0.780. The van der Waals surface area contributed by atoms with Gasteiger partial charge in [-0.25, -0.2) is 4.79 Å². The molecule has 0 spiro atoms. The smallest absolute Gasteiger partial charge is 0.317 e. The summed E-state index contributed by atoms with van der Waals surface area (Å²) in [7, 11) is 1.81. The van der Waals surface area contributed by atoms with Crippen LogP contribution in [0.5, 0.6) is 0 Å². The minimum atomic E-state index is -0.0327. The van der Waals surface area contributed by atoms with Crippen molar-refractivity contribution >= 4 is 28.6 Å². The van der Waals surface area contributed by atoms with Gasteiger partial charge in [-0.05, 0) is 48.1 Å². The standard InChI is InChI=1S/C12H17IN2O/c1-9(2)14-12(16)15(3)8-10-6-4-5-7-11(10)13/h4-7,9H,8H2,1-3H3,(H,14,16). The fourth-order valence-corrected chi connectivity index (χ4v) is 1.87. The van der Waals surface area contributed by atoms with Gasteiger partial charge in [-0.15, -0.1) is 0 Å². The largest absolute Gasteiger partial charge is 0.336 e. The molecule has 16 heavy (non-hydrogen) atoms. The van der Waals surface area contributed by atoms with Gasteiger partial charge < -0.3 is 10.2 Å². The third kappa shape index (κ3) is 4.00. The molecule has 0 aliphatic carbocycles. The van der Waals surface area contributed by atoms with E-state index in [1.807, 2.05) is 38.1 Å². The number of carbonyl (C=O) groups is 1. The van der Waals surface area contributed by atoms with E-state index >= 15 is 0 Å². The van der Waals surface area contributed by atoms with Gasteiger partial charge in [0.05, 0.1) is 0 Å². The van der Waals surface area contributed by atoms with Crippen LogP contribution in [0, 0.1) is 3.57 Å². The van der Waals surface area contributed by atoms with E-state index < -0.39 is 0 Å². The molecule has 0 saturated carbocycles. The van der Waals surface area contributed by atoms with Crippen LogP contribution in [-0.2, 0) is 6.54 Å². The second-order valence-corrected chi connectivity index (χ2v) is 5.21. The Morgan fingerprint density at radius 3 is 2.62 bits per heavy atom. The molecule has 0 aliphatic rings. The normalized spacial score (nSPS) is 10.3. The molecule has 0 aliphatic heterocycles. The summed E-state index contributed by atoms with van der Waals surface area (Å²) in [5.41, 5.74) is 1.17. The Labute approximate surface area is 110 Å². The molecule has 1 aromatic carbocycles. The molecular weight excluding hydrogens is 315 g/mol. The quantitative estimate of drug-likeness (QED) is 0.849. The third-order valence-corrected chi connectivity index (χ3v) is 3.18. The Morgan fingerprint density at radius 1 is 1.44 bits per heavy atom. The van der Waals surface area contributed by atoms with Gasteiger partial charge in [0.2, 0.25) is 0 Å². The van der Waals surface area contributed by atoms with E-state index in [0.29, 0.717) is 6.54 Å². The van der Waals surface area contributed by atoms with Gasteiger partial charge in [-0.3, -0.25) is 0 Å². The highest BCUT2D eigenvalue weighted by molar-refractivity contribution is 14.1. The molecule has 88 valence electrons. The van der Waals surface area contributed by atoms with E-state index in [4.69, 9.17) is 0 Å². The Balaban J connectivity index is 2.61. The third-order valence-electron chi connectivity index (χ3n) is 2.12. The van der Waals surface area contributed by atoms with E-state index in [0.717, 1.165) is 0 Å². The summed E-state index contributed by atoms with van der Waals surface area (Å²) >= 11 is 2.28. The zero-order chi connectivity index (χ0) is 12.1. The second kappa shape index (κ2) is 6.08. The highest BCUT2D eigenvalue weighted by atomic mass is 127. The first kappa shape index (κ1) is 13.3. The van der Waals surface area contributed by atoms with E-state index in [1.165, 1.54) is 9.13 Å². The SMILES string of the molecule is CC(C)NC(=O)N(C)Cc1ccccc1I. The summed E-state index contributed by atoms with van der Waals surface area (Å²) in [5.74, 6) is 0. The van der Waals surface area contributed by atoms with Crippen LogP contribution in [0.1, 0.15) is 19.4 Å². The van der Waals surface area contributed by atoms with Crippen molar-refractivity contribution in [1.29, 1.82) is 0 Å². The molecule has 0 heterocycles. The predicted molar refractivity (Wildman–Crippen MR) is 74.3 cm³/mol. The van der Waals surface area contributed by atoms with Crippen molar-refractivity contribution in [2.45, 2.75) is 26.4 Å². The molecule has 0 unspecified atom stereocenters. The van der Waals surface area contributed by atoms with Crippen molar-refractivity contribution in [3.05, 3.63) is 33.4 Å². The number of benzene rings is 1. The first-order valence-electron chi connectivity index (χ1n) is 5.25. The fourth-order valence-electron chi connectivity index (χ4n) is 1.31. The highest BCUT2D eigenvalue weighted by Crippen LogP contribution is 2.13. The van der Waals surface area contributed by atoms with Gasteiger partial charge in [-0.2, -0.15) is 0 Å². The van der Waals surface area contributed by atoms with Crippen molar-refractivity contribution < 1.29 is 4.79 Å². The monoisotopic (exact) mass is 332 g/mol. The molecular formula is C12H17IN2O. The first-order chi connectivity index (χ1) is 7.50. The maximum absolute atomic E-state index is 11.7. The van der Waals surface area contributed by atoms with Gasteiger partial charge >= 0.3 is 6.03 Å². The molecule has 1 rings (SSSR count). The zero-order valence-electron chi connectivity index (χ0n) is 9.83. The van der Waals surface area contributed by atoms with Gasteiger partial charge in [0, 0.05) is 23.2 Å². The van der Waals surface area contributed by atoms with Crippen molar-refractivity contribution in [2.75, 3.05) is 7.05 Å². The zero-order valence-corrected chi connectivity index (χ0v) is 12.0. The second-order valence-electron chi connectivity index (χ2n) is 4.05. The van der Waals surface area contributed by atoms with Crippen molar-refractivity contribution in [2.24, 2.45) is 0 Å². The lowest BCUT2D eigenvalue weighted by Crippen LogP contribution is -2.40. The fraction of sp³-hybridized carbons (Fsp3) is 0.417. The van der Waals surface area contributed by atoms with Crippen LogP contribution in [0.25, 0.3) is 0 Å². The van der Waals surface area contributed by atoms with Gasteiger partial charge in [0.15, 0.2) is 0 Å². The maximum Gasteiger partial charge on any atom is 0.317 e. The summed E-state index contributed by atoms with van der Waals surface area (Å²) in [4.78, 5) is 13.4. The average molecular weight is 332 g/mol. The summed E-state index contributed by atoms with van der Waals surface area (Å²) in [6.07, 6.45) is 0. The number of halogens is 1. The molecule has 2 amide bonds. The topological polar surface area (TPSA) is 32.3 Å². The lowest BCUT2D eigenvalue weighted by Gasteiger charge is -2.20. The molecule has 0 fully saturated rings. The Bertz CT molecular complexity index is 366. The van der Waals surface area contributed by atoms with Crippen molar-refractivity contribution in [3.8, 4) is 0 Å². The van der Waals surface area contributed by atoms with Crippen LogP contribution in [0.3, 0.4) is 0 Å². The average Bonchev–Trinajstić information content (AvgIpc) is 2.20. The number of hydrogen-bond donors (Lipinski definition) is 1. The lowest BCUT2D eigenvalue weighted by atomic mass is 10.2. The summed E-state index contributed by atoms with van der Waals surface area (Å²) in [6.45, 7) is 4.55. The van der Waals surface area contributed by atoms with Crippen LogP contribution in [-0.4, -0.2) is 24.0 Å². The minimum Gasteiger partial charge on any atom is -0.336 e. The molecule has 0 bridgehead atoms. The van der Waals surface area contributed by atoms with Gasteiger partial charge in [-0.1, -0.05) is 18.2 Å². The van der Waals surface area contributed by atoms with E-state index in [1.54, 1.807) is 11.9 Å². The van der Waals surface area contributed by atoms with Crippen LogP contribution in [0.15, 0.2) is 24.3 Å². The van der Waals surface area contributed by atoms with Crippen molar-refractivity contribution in [3.63, 3.8) is 0 Å². The number of hydrogen-bond acceptors (Lipinski definition) is 1. The van der Waals surface area contributed by atoms with Crippen LogP contribution in [0.4, 0.5) is 4.79 Å². The number of carbonyl (C=O) groups excluding carboxylic acids is 1. The summed E-state index contributed by atoms with van der Waals surface area (Å²) in [5, 5.41) is 2.87. The van der Waals surface area contributed by atoms with Crippen LogP contribution in [0.2, 0.25) is 0 Å². The molecule has 0 saturated heterocycles. The Morgan fingerprint density at radius 2 is 2.06 bits per heavy atom. The van der Waals surface area contributed by atoms with E-state index in [2.05, 4.69) is 27.9 Å². The predicted octanol–water partition coefficient (Wildman–Crippen LogP) is 2.84. The lowest BCUT2D eigenvalue weighted by molar-refractivity contribution is 0.204. The summed E-state index contributed by atoms with van der Waals surface area (Å²) in [6, 6.07) is 8.22. The number of nitrogens with one attached hydrogen (secondary N) is 1. The minimum absolute atomic E-state index is 0.0327. The molecule has 0 atom stereocenters. The molecule has 0 aromatic heterocycles. The number of urea groups is 1. The highest BCUT2D eigenvalue weighted by Gasteiger charge is 2.10. The molecule has 4 heteroatoms. The molecule has 3 nitrogen and oxygen atoms in total. The first-order valence-corrected chi connectivity index (χ1v) is 6.33. The summed E-state index contributed by atoms with van der Waals surface area (Å²) < 4.78 is 1.18. The molecule has 1 N–H and O–H groups in total. The van der Waals surface area contributed by atoms with Crippen LogP contribution < -0.4 is 5.32 Å². The number of nitrogens with zero attached hydrogens (tertiary/aromatic N) is 1. The van der Waals surface area contributed by atoms with Crippen LogP contribution >= 0.6 is 22.6 Å². The van der Waals surface area contributed by atoms with E-state index in [-0.39, 0.29) is 12.1 Å². The molecule has 0 radical (unpaired) electrons. The Kier molecular flexibility index (Phi) is 5.05. The van der Waals surface area contributed by atoms with E-state index in [9.17, 15) is 4.79 Å². The van der Waals surface area contributed by atoms with Gasteiger partial charge in [0.25, 0.3) is 0 Å². The van der Waals surface area contributed by atoms with Gasteiger partial charge in [0.1, 0.15) is 0 Å². The molecule has 1 aromatic rings. The number of rotatable bonds is 3. The maximum atomic E-state index is 11.7. The number of amides is 2.